The first-order valence-corrected chi connectivity index (χ1v) is 8.27. The summed E-state index contributed by atoms with van der Waals surface area (Å²) in [6.45, 7) is 0.701. The first-order chi connectivity index (χ1) is 8.39. The molecule has 2 rings (SSSR count). The number of hydrogen-bond acceptors (Lipinski definition) is 4. The van der Waals surface area contributed by atoms with Crippen LogP contribution in [0.5, 0.6) is 0 Å². The summed E-state index contributed by atoms with van der Waals surface area (Å²) in [6.07, 6.45) is 0. The maximum absolute atomic E-state index is 11.4. The third-order valence-corrected chi connectivity index (χ3v) is 5.15. The number of nitrogens with zero attached hydrogens (tertiary/aromatic N) is 1. The van der Waals surface area contributed by atoms with Crippen LogP contribution in [0.25, 0.3) is 0 Å². The minimum Gasteiger partial charge on any atom is -0.478 e. The van der Waals surface area contributed by atoms with E-state index in [9.17, 15) is 18.3 Å². The molecule has 1 aromatic carbocycles. The zero-order valence-electron chi connectivity index (χ0n) is 9.47. The molecule has 0 amide bonds. The van der Waals surface area contributed by atoms with E-state index >= 15 is 0 Å². The van der Waals surface area contributed by atoms with Gasteiger partial charge in [-0.05, 0) is 40.8 Å². The number of carboxylic acid groups (broad SMARTS) is 1. The van der Waals surface area contributed by atoms with Crippen molar-refractivity contribution in [2.75, 3.05) is 29.5 Å². The largest absolute Gasteiger partial charge is 0.478 e. The summed E-state index contributed by atoms with van der Waals surface area (Å²) < 4.78 is 23.6. The van der Waals surface area contributed by atoms with Gasteiger partial charge in [-0.25, -0.2) is 13.2 Å². The molecule has 18 heavy (non-hydrogen) atoms. The van der Waals surface area contributed by atoms with E-state index in [2.05, 4.69) is 22.6 Å². The molecule has 1 aromatic rings. The highest BCUT2D eigenvalue weighted by Crippen LogP contribution is 2.24. The van der Waals surface area contributed by atoms with Gasteiger partial charge < -0.3 is 10.0 Å². The molecule has 0 spiro atoms. The van der Waals surface area contributed by atoms with Gasteiger partial charge in [-0.1, -0.05) is 0 Å². The zero-order chi connectivity index (χ0) is 13.3. The van der Waals surface area contributed by atoms with Crippen LogP contribution in [-0.2, 0) is 9.84 Å². The van der Waals surface area contributed by atoms with Gasteiger partial charge in [0.1, 0.15) is 0 Å². The Labute approximate surface area is 119 Å². The molecule has 1 fully saturated rings. The van der Waals surface area contributed by atoms with Gasteiger partial charge in [-0.3, -0.25) is 0 Å². The third kappa shape index (κ3) is 2.94. The molecule has 0 aliphatic carbocycles. The third-order valence-electron chi connectivity index (χ3n) is 2.87. The van der Waals surface area contributed by atoms with Crippen LogP contribution in [0.15, 0.2) is 18.2 Å². The van der Waals surface area contributed by atoms with Crippen LogP contribution in [0.2, 0.25) is 0 Å². The zero-order valence-corrected chi connectivity index (χ0v) is 12.4. The first-order valence-electron chi connectivity index (χ1n) is 5.37. The van der Waals surface area contributed by atoms with Crippen molar-refractivity contribution >= 4 is 44.1 Å². The Morgan fingerprint density at radius 2 is 1.89 bits per heavy atom. The second-order valence-electron chi connectivity index (χ2n) is 4.11. The van der Waals surface area contributed by atoms with E-state index in [-0.39, 0.29) is 17.1 Å². The molecule has 98 valence electrons. The van der Waals surface area contributed by atoms with Crippen LogP contribution in [-0.4, -0.2) is 44.1 Å². The van der Waals surface area contributed by atoms with Crippen molar-refractivity contribution in [2.24, 2.45) is 0 Å². The van der Waals surface area contributed by atoms with Crippen LogP contribution in [0.3, 0.4) is 0 Å². The fourth-order valence-corrected chi connectivity index (χ4v) is 3.60. The van der Waals surface area contributed by atoms with Gasteiger partial charge in [-0.2, -0.15) is 0 Å². The summed E-state index contributed by atoms with van der Waals surface area (Å²) in [5.41, 5.74) is 0.819. The number of hydrogen-bond donors (Lipinski definition) is 1. The molecule has 1 aliphatic rings. The number of anilines is 1. The molecule has 1 N–H and O–H groups in total. The molecule has 7 heteroatoms. The minimum absolute atomic E-state index is 0.0814. The average molecular weight is 381 g/mol. The summed E-state index contributed by atoms with van der Waals surface area (Å²) >= 11 is 2.05. The Kier molecular flexibility index (Phi) is 3.81. The fraction of sp³-hybridized carbons (Fsp3) is 0.364. The van der Waals surface area contributed by atoms with Crippen molar-refractivity contribution in [1.82, 2.24) is 0 Å². The van der Waals surface area contributed by atoms with E-state index in [1.54, 1.807) is 12.1 Å². The van der Waals surface area contributed by atoms with Gasteiger partial charge in [0.25, 0.3) is 0 Å². The Hall–Kier alpha value is -0.830. The van der Waals surface area contributed by atoms with Gasteiger partial charge in [0.05, 0.1) is 22.8 Å². The van der Waals surface area contributed by atoms with Crippen molar-refractivity contribution in [2.45, 2.75) is 0 Å². The lowest BCUT2D eigenvalue weighted by molar-refractivity contribution is 0.0697. The summed E-state index contributed by atoms with van der Waals surface area (Å²) in [5.74, 6) is -0.826. The average Bonchev–Trinajstić information content (AvgIpc) is 2.29. The minimum atomic E-state index is -2.96. The second kappa shape index (κ2) is 5.04. The predicted octanol–water partition coefficient (Wildman–Crippen LogP) is 1.22. The normalized spacial score (nSPS) is 18.6. The summed E-state index contributed by atoms with van der Waals surface area (Å²) in [5, 5.41) is 9.18. The van der Waals surface area contributed by atoms with E-state index in [0.717, 1.165) is 3.57 Å². The van der Waals surface area contributed by atoms with Crippen LogP contribution in [0.4, 0.5) is 5.69 Å². The van der Waals surface area contributed by atoms with E-state index in [1.807, 2.05) is 11.0 Å². The van der Waals surface area contributed by atoms with Crippen molar-refractivity contribution in [3.8, 4) is 0 Å². The van der Waals surface area contributed by atoms with Crippen LogP contribution < -0.4 is 4.90 Å². The first kappa shape index (κ1) is 13.6. The van der Waals surface area contributed by atoms with Gasteiger partial charge in [-0.15, -0.1) is 0 Å². The molecule has 0 bridgehead atoms. The molecule has 0 radical (unpaired) electrons. The van der Waals surface area contributed by atoms with Crippen LogP contribution in [0.1, 0.15) is 10.4 Å². The van der Waals surface area contributed by atoms with E-state index in [4.69, 9.17) is 0 Å². The SMILES string of the molecule is O=C(O)c1cc(I)ccc1N1CCS(=O)(=O)CC1. The molecule has 1 saturated heterocycles. The standard InChI is InChI=1S/C11H12INO4S/c12-8-1-2-10(9(7-8)11(14)15)13-3-5-18(16,17)6-4-13/h1-2,7H,3-6H2,(H,14,15). The summed E-state index contributed by atoms with van der Waals surface area (Å²) in [7, 11) is -2.96. The van der Waals surface area contributed by atoms with Crippen molar-refractivity contribution in [3.63, 3.8) is 0 Å². The monoisotopic (exact) mass is 381 g/mol. The van der Waals surface area contributed by atoms with Crippen LogP contribution in [0, 0.1) is 3.57 Å². The molecular formula is C11H12INO4S. The van der Waals surface area contributed by atoms with Crippen molar-refractivity contribution in [1.29, 1.82) is 0 Å². The molecule has 1 aliphatic heterocycles. The molecule has 5 nitrogen and oxygen atoms in total. The predicted molar refractivity (Wildman–Crippen MR) is 77.0 cm³/mol. The molecule has 0 saturated carbocycles. The number of rotatable bonds is 2. The van der Waals surface area contributed by atoms with E-state index < -0.39 is 15.8 Å². The molecule has 0 aromatic heterocycles. The van der Waals surface area contributed by atoms with Crippen LogP contribution >= 0.6 is 22.6 Å². The van der Waals surface area contributed by atoms with Gasteiger partial charge in [0.15, 0.2) is 9.84 Å². The maximum Gasteiger partial charge on any atom is 0.337 e. The van der Waals surface area contributed by atoms with Crippen molar-refractivity contribution in [3.05, 3.63) is 27.3 Å². The Morgan fingerprint density at radius 1 is 1.28 bits per heavy atom. The summed E-state index contributed by atoms with van der Waals surface area (Å²) in [4.78, 5) is 13.0. The number of benzene rings is 1. The van der Waals surface area contributed by atoms with Gasteiger partial charge in [0.2, 0.25) is 0 Å². The lowest BCUT2D eigenvalue weighted by Crippen LogP contribution is -2.40. The number of carbonyl (C=O) groups is 1. The van der Waals surface area contributed by atoms with E-state index in [1.165, 1.54) is 0 Å². The molecule has 1 heterocycles. The van der Waals surface area contributed by atoms with Gasteiger partial charge in [0, 0.05) is 16.7 Å². The highest BCUT2D eigenvalue weighted by molar-refractivity contribution is 14.1. The quantitative estimate of drug-likeness (QED) is 0.780. The lowest BCUT2D eigenvalue weighted by atomic mass is 10.1. The van der Waals surface area contributed by atoms with Crippen molar-refractivity contribution < 1.29 is 18.3 Å². The lowest BCUT2D eigenvalue weighted by Gasteiger charge is -2.29. The van der Waals surface area contributed by atoms with E-state index in [0.29, 0.717) is 18.8 Å². The number of halogens is 1. The highest BCUT2D eigenvalue weighted by atomic mass is 127. The summed E-state index contributed by atoms with van der Waals surface area (Å²) in [6, 6.07) is 5.16. The fourth-order valence-electron chi connectivity index (χ4n) is 1.91. The highest BCUT2D eigenvalue weighted by Gasteiger charge is 2.24. The Bertz CT molecular complexity index is 571. The topological polar surface area (TPSA) is 74.7 Å². The number of sulfone groups is 1. The second-order valence-corrected chi connectivity index (χ2v) is 7.65. The molecule has 0 atom stereocenters. The molecule has 0 unspecified atom stereocenters. The Morgan fingerprint density at radius 3 is 2.44 bits per heavy atom. The van der Waals surface area contributed by atoms with Gasteiger partial charge >= 0.3 is 5.97 Å². The molecular weight excluding hydrogens is 369 g/mol. The smallest absolute Gasteiger partial charge is 0.337 e. The number of aromatic carboxylic acids is 1. The Balaban J connectivity index is 2.32. The maximum atomic E-state index is 11.4. The number of carboxylic acids is 1.